The molecule has 0 unspecified atom stereocenters. The van der Waals surface area contributed by atoms with Crippen LogP contribution in [0.15, 0.2) is 29.2 Å². The fourth-order valence-corrected chi connectivity index (χ4v) is 2.83. The molecule has 0 saturated carbocycles. The van der Waals surface area contributed by atoms with Crippen molar-refractivity contribution in [2.24, 2.45) is 7.05 Å². The lowest BCUT2D eigenvalue weighted by molar-refractivity contribution is -0.141. The lowest BCUT2D eigenvalue weighted by Gasteiger charge is -2.13. The van der Waals surface area contributed by atoms with E-state index in [1.54, 1.807) is 0 Å². The zero-order valence-corrected chi connectivity index (χ0v) is 15.2. The van der Waals surface area contributed by atoms with Gasteiger partial charge in [-0.05, 0) is 17.7 Å². The minimum absolute atomic E-state index is 0.0727. The van der Waals surface area contributed by atoms with Gasteiger partial charge in [-0.25, -0.2) is 4.98 Å². The third-order valence-electron chi connectivity index (χ3n) is 3.89. The number of anilines is 1. The summed E-state index contributed by atoms with van der Waals surface area (Å²) >= 11 is 11.7. The Labute approximate surface area is 160 Å². The van der Waals surface area contributed by atoms with E-state index in [-0.39, 0.29) is 33.7 Å². The average Bonchev–Trinajstić information content (AvgIpc) is 2.91. The number of benzene rings is 1. The number of alkyl halides is 3. The molecule has 2 aromatic heterocycles. The lowest BCUT2D eigenvalue weighted by Crippen LogP contribution is -2.24. The minimum Gasteiger partial charge on any atom is -0.383 e. The highest BCUT2D eigenvalue weighted by Gasteiger charge is 2.37. The minimum atomic E-state index is -4.84. The smallest absolute Gasteiger partial charge is 0.383 e. The summed E-state index contributed by atoms with van der Waals surface area (Å²) < 4.78 is 41.9. The predicted octanol–water partition coefficient (Wildman–Crippen LogP) is 3.67. The number of H-pyrrole nitrogens is 1. The zero-order chi connectivity index (χ0) is 19.9. The fraction of sp³-hybridized carbons (Fsp3) is 0.188. The van der Waals surface area contributed by atoms with Crippen LogP contribution in [0.2, 0.25) is 10.0 Å². The van der Waals surface area contributed by atoms with Gasteiger partial charge >= 0.3 is 6.18 Å². The van der Waals surface area contributed by atoms with Gasteiger partial charge in [0.2, 0.25) is 0 Å². The third-order valence-corrected chi connectivity index (χ3v) is 4.63. The summed E-state index contributed by atoms with van der Waals surface area (Å²) in [6.07, 6.45) is -3.94. The Bertz CT molecular complexity index is 1070. The van der Waals surface area contributed by atoms with Gasteiger partial charge in [0.15, 0.2) is 5.69 Å². The number of aryl methyl sites for hydroxylation is 1. The quantitative estimate of drug-likeness (QED) is 0.680. The van der Waals surface area contributed by atoms with Crippen LogP contribution < -0.4 is 11.3 Å². The van der Waals surface area contributed by atoms with E-state index in [4.69, 9.17) is 28.9 Å². The molecule has 0 aliphatic carbocycles. The van der Waals surface area contributed by atoms with Gasteiger partial charge in [-0.15, -0.1) is 0 Å². The van der Waals surface area contributed by atoms with E-state index in [0.29, 0.717) is 5.56 Å². The second-order valence-corrected chi connectivity index (χ2v) is 6.55. The van der Waals surface area contributed by atoms with Crippen molar-refractivity contribution in [2.75, 3.05) is 5.73 Å². The highest BCUT2D eigenvalue weighted by atomic mass is 35.5. The molecule has 142 valence electrons. The van der Waals surface area contributed by atoms with Crippen molar-refractivity contribution < 1.29 is 13.2 Å². The van der Waals surface area contributed by atoms with Crippen LogP contribution in [-0.2, 0) is 19.6 Å². The Balaban J connectivity index is 2.15. The molecule has 0 bridgehead atoms. The molecule has 0 aliphatic rings. The van der Waals surface area contributed by atoms with Crippen LogP contribution in [0.25, 0.3) is 11.4 Å². The second kappa shape index (κ2) is 6.90. The van der Waals surface area contributed by atoms with Gasteiger partial charge in [-0.3, -0.25) is 9.48 Å². The number of hydrogen-bond donors (Lipinski definition) is 2. The number of aromatic amines is 1. The molecule has 0 atom stereocenters. The van der Waals surface area contributed by atoms with Gasteiger partial charge in [0.1, 0.15) is 11.6 Å². The van der Waals surface area contributed by atoms with Gasteiger partial charge < -0.3 is 10.7 Å². The number of hydrogen-bond acceptors (Lipinski definition) is 4. The second-order valence-electron chi connectivity index (χ2n) is 5.73. The van der Waals surface area contributed by atoms with Crippen LogP contribution in [0.1, 0.15) is 16.8 Å². The number of nitrogens with two attached hydrogens (primary N) is 1. The molecule has 0 radical (unpaired) electrons. The molecule has 3 N–H and O–H groups in total. The molecule has 27 heavy (non-hydrogen) atoms. The van der Waals surface area contributed by atoms with Crippen molar-refractivity contribution in [1.29, 1.82) is 0 Å². The molecule has 1 aromatic carbocycles. The first-order valence-corrected chi connectivity index (χ1v) is 8.25. The summed E-state index contributed by atoms with van der Waals surface area (Å²) in [4.78, 5) is 18.4. The zero-order valence-electron chi connectivity index (χ0n) is 13.7. The van der Waals surface area contributed by atoms with E-state index >= 15 is 0 Å². The summed E-state index contributed by atoms with van der Waals surface area (Å²) in [5.41, 5.74) is 3.49. The Hall–Kier alpha value is -2.52. The molecule has 0 saturated heterocycles. The maximum absolute atomic E-state index is 13.6. The van der Waals surface area contributed by atoms with Crippen LogP contribution in [0.3, 0.4) is 0 Å². The maximum atomic E-state index is 13.6. The topological polar surface area (TPSA) is 89.6 Å². The van der Waals surface area contributed by atoms with Crippen LogP contribution in [-0.4, -0.2) is 19.7 Å². The number of aromatic nitrogens is 4. The highest BCUT2D eigenvalue weighted by Crippen LogP contribution is 2.32. The number of rotatable bonds is 3. The molecule has 2 heterocycles. The van der Waals surface area contributed by atoms with Gasteiger partial charge in [0.05, 0.1) is 27.4 Å². The van der Waals surface area contributed by atoms with Crippen LogP contribution in [0.5, 0.6) is 0 Å². The number of nitrogens with one attached hydrogen (secondary N) is 1. The van der Waals surface area contributed by atoms with E-state index in [2.05, 4.69) is 15.1 Å². The summed E-state index contributed by atoms with van der Waals surface area (Å²) in [6, 6.07) is 4.33. The van der Waals surface area contributed by atoms with E-state index in [1.165, 1.54) is 36.1 Å². The first-order chi connectivity index (χ1) is 12.6. The van der Waals surface area contributed by atoms with Crippen molar-refractivity contribution in [3.05, 3.63) is 61.6 Å². The molecular weight excluding hydrogens is 406 g/mol. The van der Waals surface area contributed by atoms with E-state index in [1.807, 2.05) is 0 Å². The molecule has 3 aromatic rings. The molecule has 6 nitrogen and oxygen atoms in total. The monoisotopic (exact) mass is 417 g/mol. The van der Waals surface area contributed by atoms with Gasteiger partial charge in [-0.2, -0.15) is 18.3 Å². The lowest BCUT2D eigenvalue weighted by atomic mass is 10.0. The average molecular weight is 418 g/mol. The van der Waals surface area contributed by atoms with Gasteiger partial charge in [0.25, 0.3) is 5.56 Å². The standard InChI is InChI=1S/C16H12Cl2F3N5O/c1-26-13(22)9(6-23-26)14-24-12(16(19,20)21)8(15(27)25-14)4-7-2-3-10(17)11(18)5-7/h2-3,5-6H,4,22H2,1H3,(H,24,25,27). The Morgan fingerprint density at radius 1 is 1.26 bits per heavy atom. The normalized spacial score (nSPS) is 11.8. The van der Waals surface area contributed by atoms with E-state index in [9.17, 15) is 18.0 Å². The molecular formula is C16H12Cl2F3N5O. The largest absolute Gasteiger partial charge is 0.433 e. The maximum Gasteiger partial charge on any atom is 0.433 e. The summed E-state index contributed by atoms with van der Waals surface area (Å²) in [5, 5.41) is 4.27. The van der Waals surface area contributed by atoms with Crippen LogP contribution in [0, 0.1) is 0 Å². The summed E-state index contributed by atoms with van der Waals surface area (Å²) in [7, 11) is 1.51. The summed E-state index contributed by atoms with van der Waals surface area (Å²) in [5.74, 6) is -0.237. The number of nitrogens with zero attached hydrogens (tertiary/aromatic N) is 3. The van der Waals surface area contributed by atoms with Crippen molar-refractivity contribution >= 4 is 29.0 Å². The van der Waals surface area contributed by atoms with E-state index in [0.717, 1.165) is 0 Å². The third kappa shape index (κ3) is 3.79. The molecule has 3 rings (SSSR count). The molecule has 11 heteroatoms. The first kappa shape index (κ1) is 19.2. The molecule has 0 spiro atoms. The van der Waals surface area contributed by atoms with Crippen LogP contribution >= 0.6 is 23.2 Å². The fourth-order valence-electron chi connectivity index (χ4n) is 2.51. The van der Waals surface area contributed by atoms with Crippen molar-refractivity contribution in [2.45, 2.75) is 12.6 Å². The molecule has 0 aliphatic heterocycles. The first-order valence-electron chi connectivity index (χ1n) is 7.50. The van der Waals surface area contributed by atoms with Crippen LogP contribution in [0.4, 0.5) is 19.0 Å². The molecule has 0 amide bonds. The SMILES string of the molecule is Cn1ncc(-c2nc(C(F)(F)F)c(Cc3ccc(Cl)c(Cl)c3)c(=O)[nH]2)c1N. The predicted molar refractivity (Wildman–Crippen MR) is 95.7 cm³/mol. The Morgan fingerprint density at radius 3 is 2.52 bits per heavy atom. The van der Waals surface area contributed by atoms with Crippen molar-refractivity contribution in [3.8, 4) is 11.4 Å². The van der Waals surface area contributed by atoms with E-state index < -0.39 is 23.0 Å². The Kier molecular flexibility index (Phi) is 4.92. The van der Waals surface area contributed by atoms with Gasteiger partial charge in [-0.1, -0.05) is 29.3 Å². The van der Waals surface area contributed by atoms with Crippen molar-refractivity contribution in [1.82, 2.24) is 19.7 Å². The number of halogens is 5. The van der Waals surface area contributed by atoms with Crippen molar-refractivity contribution in [3.63, 3.8) is 0 Å². The molecule has 0 fully saturated rings. The Morgan fingerprint density at radius 2 is 1.96 bits per heavy atom. The van der Waals surface area contributed by atoms with Gasteiger partial charge in [0, 0.05) is 13.5 Å². The summed E-state index contributed by atoms with van der Waals surface area (Å²) in [6.45, 7) is 0. The highest BCUT2D eigenvalue weighted by molar-refractivity contribution is 6.42. The number of nitrogen functional groups attached to an aromatic ring is 1.